The number of hydrogen-bond acceptors (Lipinski definition) is 2. The molecule has 1 aromatic carbocycles. The van der Waals surface area contributed by atoms with E-state index in [2.05, 4.69) is 22.1 Å². The Hall–Kier alpha value is -2.74. The van der Waals surface area contributed by atoms with E-state index < -0.39 is 0 Å². The van der Waals surface area contributed by atoms with Gasteiger partial charge in [-0.1, -0.05) is 41.3 Å². The molecule has 4 nitrogen and oxygen atoms in total. The summed E-state index contributed by atoms with van der Waals surface area (Å²) in [6.45, 7) is 0. The maximum atomic E-state index is 12.4. The van der Waals surface area contributed by atoms with Crippen LogP contribution in [0.1, 0.15) is 21.7 Å². The molecule has 1 N–H and O–H groups in total. The zero-order valence-electron chi connectivity index (χ0n) is 13.3. The molecular formula is C19H13Cl2N3O. The molecule has 124 valence electrons. The number of halogens is 2. The van der Waals surface area contributed by atoms with Crippen molar-refractivity contribution in [2.75, 3.05) is 5.32 Å². The number of carbonyl (C=O) groups excluding carboxylic acids is 1. The highest BCUT2D eigenvalue weighted by atomic mass is 35.5. The van der Waals surface area contributed by atoms with Crippen LogP contribution in [0.2, 0.25) is 10.2 Å². The lowest BCUT2D eigenvalue weighted by atomic mass is 10.2. The molecule has 0 atom stereocenters. The summed E-state index contributed by atoms with van der Waals surface area (Å²) in [6.07, 6.45) is 1.69. The Morgan fingerprint density at radius 2 is 1.96 bits per heavy atom. The fourth-order valence-electron chi connectivity index (χ4n) is 2.20. The van der Waals surface area contributed by atoms with Gasteiger partial charge in [-0.05, 0) is 42.3 Å². The van der Waals surface area contributed by atoms with E-state index in [0.717, 1.165) is 5.56 Å². The maximum Gasteiger partial charge on any atom is 0.272 e. The van der Waals surface area contributed by atoms with E-state index in [4.69, 9.17) is 23.2 Å². The van der Waals surface area contributed by atoms with Gasteiger partial charge in [-0.25, -0.2) is 4.98 Å². The topological polar surface area (TPSA) is 46.9 Å². The van der Waals surface area contributed by atoms with E-state index in [0.29, 0.717) is 27.3 Å². The second-order valence-electron chi connectivity index (χ2n) is 5.23. The number of hydrogen-bond donors (Lipinski definition) is 1. The first kappa shape index (κ1) is 17.1. The van der Waals surface area contributed by atoms with E-state index in [1.807, 2.05) is 30.3 Å². The average Bonchev–Trinajstić information content (AvgIpc) is 2.89. The van der Waals surface area contributed by atoms with Crippen LogP contribution in [0, 0.1) is 11.8 Å². The molecule has 3 aromatic rings. The van der Waals surface area contributed by atoms with Crippen LogP contribution in [-0.2, 0) is 7.05 Å². The van der Waals surface area contributed by atoms with Crippen molar-refractivity contribution in [2.45, 2.75) is 0 Å². The van der Waals surface area contributed by atoms with Crippen molar-refractivity contribution in [1.29, 1.82) is 0 Å². The molecule has 0 unspecified atom stereocenters. The minimum absolute atomic E-state index is 0.300. The van der Waals surface area contributed by atoms with Crippen molar-refractivity contribution < 1.29 is 4.79 Å². The van der Waals surface area contributed by atoms with Crippen molar-refractivity contribution in [3.63, 3.8) is 0 Å². The molecular weight excluding hydrogens is 357 g/mol. The smallest absolute Gasteiger partial charge is 0.272 e. The van der Waals surface area contributed by atoms with E-state index in [1.165, 1.54) is 10.6 Å². The summed E-state index contributed by atoms with van der Waals surface area (Å²) < 4.78 is 1.53. The molecule has 0 fully saturated rings. The van der Waals surface area contributed by atoms with E-state index >= 15 is 0 Å². The summed E-state index contributed by atoms with van der Waals surface area (Å²) in [7, 11) is 1.68. The van der Waals surface area contributed by atoms with E-state index in [-0.39, 0.29) is 5.91 Å². The molecule has 2 aromatic heterocycles. The van der Waals surface area contributed by atoms with Crippen molar-refractivity contribution in [1.82, 2.24) is 9.55 Å². The van der Waals surface area contributed by atoms with Crippen LogP contribution in [0.25, 0.3) is 0 Å². The Morgan fingerprint density at radius 3 is 2.64 bits per heavy atom. The predicted molar refractivity (Wildman–Crippen MR) is 100 cm³/mol. The van der Waals surface area contributed by atoms with Crippen LogP contribution < -0.4 is 5.32 Å². The number of anilines is 1. The number of nitrogens with one attached hydrogen (secondary N) is 1. The summed E-state index contributed by atoms with van der Waals surface area (Å²) >= 11 is 11.9. The first-order valence-corrected chi connectivity index (χ1v) is 8.15. The molecule has 6 heteroatoms. The standard InChI is InChI=1S/C19H13Cl2N3O/c1-24-17(12-16(20)18(24)21)19(25)23-15-7-4-5-13(11-15)8-9-14-6-2-3-10-22-14/h2-7,10-12H,1H3,(H,23,25). The first-order valence-electron chi connectivity index (χ1n) is 7.40. The zero-order chi connectivity index (χ0) is 17.8. The Morgan fingerprint density at radius 1 is 1.12 bits per heavy atom. The van der Waals surface area contributed by atoms with Crippen molar-refractivity contribution in [3.05, 3.63) is 81.9 Å². The van der Waals surface area contributed by atoms with Gasteiger partial charge in [-0.15, -0.1) is 0 Å². The molecule has 0 saturated heterocycles. The summed E-state index contributed by atoms with van der Waals surface area (Å²) in [5.74, 6) is 5.71. The first-order chi connectivity index (χ1) is 12.0. The maximum absolute atomic E-state index is 12.4. The third-order valence-corrected chi connectivity index (χ3v) is 4.31. The fourth-order valence-corrected chi connectivity index (χ4v) is 2.58. The average molecular weight is 370 g/mol. The largest absolute Gasteiger partial charge is 0.329 e. The van der Waals surface area contributed by atoms with Crippen molar-refractivity contribution in [2.24, 2.45) is 7.05 Å². The van der Waals surface area contributed by atoms with Gasteiger partial charge in [0.1, 0.15) is 16.5 Å². The monoisotopic (exact) mass is 369 g/mol. The summed E-state index contributed by atoms with van der Waals surface area (Å²) in [6, 6.07) is 14.3. The minimum atomic E-state index is -0.300. The van der Waals surface area contributed by atoms with Gasteiger partial charge >= 0.3 is 0 Å². The third-order valence-electron chi connectivity index (χ3n) is 3.47. The van der Waals surface area contributed by atoms with Gasteiger partial charge < -0.3 is 9.88 Å². The normalized spacial score (nSPS) is 10.0. The molecule has 25 heavy (non-hydrogen) atoms. The van der Waals surface area contributed by atoms with Gasteiger partial charge in [-0.2, -0.15) is 0 Å². The molecule has 0 saturated carbocycles. The van der Waals surface area contributed by atoms with Gasteiger partial charge in [0.05, 0.1) is 5.02 Å². The Bertz CT molecular complexity index is 985. The number of benzene rings is 1. The summed E-state index contributed by atoms with van der Waals surface area (Å²) in [4.78, 5) is 16.5. The number of amides is 1. The second-order valence-corrected chi connectivity index (χ2v) is 5.99. The molecule has 0 aliphatic rings. The number of aromatic nitrogens is 2. The van der Waals surface area contributed by atoms with Gasteiger partial charge in [0.2, 0.25) is 0 Å². The van der Waals surface area contributed by atoms with Crippen LogP contribution in [0.4, 0.5) is 5.69 Å². The SMILES string of the molecule is Cn1c(C(=O)Nc2cccc(C#Cc3ccccn3)c2)cc(Cl)c1Cl. The molecule has 0 aliphatic carbocycles. The Labute approximate surface area is 155 Å². The number of nitrogens with zero attached hydrogens (tertiary/aromatic N) is 2. The fraction of sp³-hybridized carbons (Fsp3) is 0.0526. The highest BCUT2D eigenvalue weighted by Gasteiger charge is 2.15. The van der Waals surface area contributed by atoms with Gasteiger partial charge in [0.25, 0.3) is 5.91 Å². The molecule has 0 bridgehead atoms. The summed E-state index contributed by atoms with van der Waals surface area (Å²) in [5, 5.41) is 3.48. The van der Waals surface area contributed by atoms with Gasteiger partial charge in [0, 0.05) is 24.5 Å². The van der Waals surface area contributed by atoms with Crippen LogP contribution in [-0.4, -0.2) is 15.5 Å². The lowest BCUT2D eigenvalue weighted by Gasteiger charge is -2.07. The van der Waals surface area contributed by atoms with Gasteiger partial charge in [-0.3, -0.25) is 4.79 Å². The third kappa shape index (κ3) is 4.03. The van der Waals surface area contributed by atoms with E-state index in [1.54, 1.807) is 25.4 Å². The molecule has 0 spiro atoms. The van der Waals surface area contributed by atoms with Crippen LogP contribution >= 0.6 is 23.2 Å². The van der Waals surface area contributed by atoms with E-state index in [9.17, 15) is 4.79 Å². The second kappa shape index (κ2) is 7.43. The highest BCUT2D eigenvalue weighted by molar-refractivity contribution is 6.42. The van der Waals surface area contributed by atoms with Crippen molar-refractivity contribution >= 4 is 34.8 Å². The molecule has 1 amide bonds. The highest BCUT2D eigenvalue weighted by Crippen LogP contribution is 2.25. The number of rotatable bonds is 2. The Balaban J connectivity index is 1.79. The molecule has 0 radical (unpaired) electrons. The minimum Gasteiger partial charge on any atom is -0.329 e. The molecule has 0 aliphatic heterocycles. The van der Waals surface area contributed by atoms with Crippen LogP contribution in [0.15, 0.2) is 54.7 Å². The quantitative estimate of drug-likeness (QED) is 0.681. The lowest BCUT2D eigenvalue weighted by molar-refractivity contribution is 0.101. The predicted octanol–water partition coefficient (Wildman–Crippen LogP) is 4.38. The zero-order valence-corrected chi connectivity index (χ0v) is 14.8. The Kier molecular flexibility index (Phi) is 5.08. The van der Waals surface area contributed by atoms with Crippen molar-refractivity contribution in [3.8, 4) is 11.8 Å². The lowest BCUT2D eigenvalue weighted by Crippen LogP contribution is -2.15. The molecule has 3 rings (SSSR count). The number of pyridine rings is 1. The number of carbonyl (C=O) groups is 1. The van der Waals surface area contributed by atoms with Crippen LogP contribution in [0.5, 0.6) is 0 Å². The molecule has 2 heterocycles. The van der Waals surface area contributed by atoms with Crippen LogP contribution in [0.3, 0.4) is 0 Å². The van der Waals surface area contributed by atoms with Gasteiger partial charge in [0.15, 0.2) is 0 Å². The summed E-state index contributed by atoms with van der Waals surface area (Å²) in [5.41, 5.74) is 2.46.